The molecule has 0 aromatic heterocycles. The predicted molar refractivity (Wildman–Crippen MR) is 132 cm³/mol. The van der Waals surface area contributed by atoms with Gasteiger partial charge >= 0.3 is 0 Å². The normalized spacial score (nSPS) is 20.8. The van der Waals surface area contributed by atoms with E-state index in [1.807, 2.05) is 19.9 Å². The van der Waals surface area contributed by atoms with Gasteiger partial charge in [0.1, 0.15) is 17.3 Å². The molecule has 3 rings (SSSR count). The van der Waals surface area contributed by atoms with E-state index in [4.69, 9.17) is 9.47 Å². The highest BCUT2D eigenvalue weighted by Gasteiger charge is 2.23. The number of halogens is 1. The minimum absolute atomic E-state index is 0.0886. The van der Waals surface area contributed by atoms with Crippen LogP contribution >= 0.6 is 0 Å². The average molecular weight is 451 g/mol. The highest BCUT2D eigenvalue weighted by Crippen LogP contribution is 2.32. The van der Waals surface area contributed by atoms with Gasteiger partial charge in [-0.05, 0) is 107 Å². The van der Waals surface area contributed by atoms with Crippen molar-refractivity contribution >= 4 is 5.78 Å². The monoisotopic (exact) mass is 450 g/mol. The number of carbonyl (C=O) groups excluding carboxylic acids is 1. The first-order valence-corrected chi connectivity index (χ1v) is 12.9. The summed E-state index contributed by atoms with van der Waals surface area (Å²) in [6.45, 7) is 13.2. The third-order valence-corrected chi connectivity index (χ3v) is 6.13. The van der Waals surface area contributed by atoms with E-state index in [2.05, 4.69) is 13.8 Å². The molecule has 4 heteroatoms. The number of Topliss-reactive ketones (excluding diaryl/α,β-unsaturated/α-hetero) is 1. The maximum atomic E-state index is 14.1. The summed E-state index contributed by atoms with van der Waals surface area (Å²) in [5.41, 5.74) is 0.813. The Morgan fingerprint density at radius 2 is 1.66 bits per heavy atom. The molecule has 0 spiro atoms. The van der Waals surface area contributed by atoms with Gasteiger partial charge in [0, 0.05) is 6.61 Å². The smallest absolute Gasteiger partial charge is 0.126 e. The Balaban J connectivity index is 0.000000769. The lowest BCUT2D eigenvalue weighted by atomic mass is 9.83. The molecule has 2 saturated carbocycles. The van der Waals surface area contributed by atoms with Gasteiger partial charge in [-0.3, -0.25) is 0 Å². The van der Waals surface area contributed by atoms with Gasteiger partial charge in [0.2, 0.25) is 0 Å². The van der Waals surface area contributed by atoms with Crippen LogP contribution in [0.2, 0.25) is 0 Å². The zero-order valence-corrected chi connectivity index (χ0v) is 21.4. The molecule has 184 valence electrons. The molecular formula is C28H47FO3. The van der Waals surface area contributed by atoms with Gasteiger partial charge < -0.3 is 14.3 Å². The molecule has 2 aliphatic rings. The molecule has 2 aliphatic carbocycles. The Hall–Kier alpha value is -1.42. The first-order valence-electron chi connectivity index (χ1n) is 12.9. The lowest BCUT2D eigenvalue weighted by Gasteiger charge is -2.29. The van der Waals surface area contributed by atoms with Crippen LogP contribution in [0.4, 0.5) is 4.39 Å². The molecule has 1 atom stereocenters. The van der Waals surface area contributed by atoms with E-state index < -0.39 is 0 Å². The zero-order chi connectivity index (χ0) is 23.9. The van der Waals surface area contributed by atoms with Gasteiger partial charge in [-0.2, -0.15) is 0 Å². The molecule has 0 aliphatic heterocycles. The SMILES string of the molecule is CC.CC(C)=O.CC[C@@H](C)COC1CCC(CCc2cc(OCC3CC3)ccc2F)CC1. The highest BCUT2D eigenvalue weighted by atomic mass is 19.1. The van der Waals surface area contributed by atoms with E-state index >= 15 is 0 Å². The molecule has 2 fully saturated rings. The summed E-state index contributed by atoms with van der Waals surface area (Å²) in [7, 11) is 0. The van der Waals surface area contributed by atoms with Crippen molar-refractivity contribution in [2.45, 2.75) is 105 Å². The molecule has 0 saturated heterocycles. The fourth-order valence-corrected chi connectivity index (χ4v) is 3.70. The first-order chi connectivity index (χ1) is 15.4. The average Bonchev–Trinajstić information content (AvgIpc) is 3.62. The molecular weight excluding hydrogens is 403 g/mol. The van der Waals surface area contributed by atoms with Crippen LogP contribution in [0.15, 0.2) is 18.2 Å². The number of rotatable bonds is 10. The second-order valence-electron chi connectivity index (χ2n) is 9.44. The zero-order valence-electron chi connectivity index (χ0n) is 21.4. The fourth-order valence-electron chi connectivity index (χ4n) is 3.70. The quantitative estimate of drug-likeness (QED) is 0.365. The standard InChI is InChI=1S/C23H35FO2.C3H6O.C2H6/c1-3-17(2)15-25-21-10-7-18(8-11-21)6-9-20-14-22(12-13-23(20)24)26-16-19-4-5-19;1-3(2)4;1-2/h12-14,17-19,21H,3-11,15-16H2,1-2H3;1-2H3;1-2H3/t17-,18?,21?;;/m1../s1. The second kappa shape index (κ2) is 16.2. The molecule has 0 amide bonds. The van der Waals surface area contributed by atoms with E-state index in [0.717, 1.165) is 56.1 Å². The third-order valence-electron chi connectivity index (χ3n) is 6.13. The summed E-state index contributed by atoms with van der Waals surface area (Å²) in [6, 6.07) is 5.25. The van der Waals surface area contributed by atoms with Gasteiger partial charge in [0.15, 0.2) is 0 Å². The number of hydrogen-bond acceptors (Lipinski definition) is 3. The van der Waals surface area contributed by atoms with Crippen LogP contribution in [0.1, 0.15) is 98.5 Å². The van der Waals surface area contributed by atoms with Crippen LogP contribution in [0, 0.1) is 23.6 Å². The summed E-state index contributed by atoms with van der Waals surface area (Å²) in [5, 5.41) is 0. The summed E-state index contributed by atoms with van der Waals surface area (Å²) in [6.07, 6.45) is 10.8. The summed E-state index contributed by atoms with van der Waals surface area (Å²) >= 11 is 0. The molecule has 32 heavy (non-hydrogen) atoms. The van der Waals surface area contributed by atoms with E-state index in [-0.39, 0.29) is 11.6 Å². The number of ketones is 1. The molecule has 0 radical (unpaired) electrons. The van der Waals surface area contributed by atoms with E-state index in [9.17, 15) is 9.18 Å². The van der Waals surface area contributed by atoms with Crippen LogP contribution < -0.4 is 4.74 Å². The highest BCUT2D eigenvalue weighted by molar-refractivity contribution is 5.72. The number of carbonyl (C=O) groups is 1. The van der Waals surface area contributed by atoms with Crippen molar-refractivity contribution in [1.82, 2.24) is 0 Å². The van der Waals surface area contributed by atoms with Gasteiger partial charge in [-0.25, -0.2) is 4.39 Å². The van der Waals surface area contributed by atoms with Crippen molar-refractivity contribution < 1.29 is 18.7 Å². The van der Waals surface area contributed by atoms with Gasteiger partial charge in [0.05, 0.1) is 12.7 Å². The number of benzene rings is 1. The Morgan fingerprint density at radius 1 is 1.06 bits per heavy atom. The lowest BCUT2D eigenvalue weighted by molar-refractivity contribution is -0.114. The molecule has 0 heterocycles. The predicted octanol–water partition coefficient (Wildman–Crippen LogP) is 7.79. The summed E-state index contributed by atoms with van der Waals surface area (Å²) < 4.78 is 26.0. The topological polar surface area (TPSA) is 35.5 Å². The van der Waals surface area contributed by atoms with Crippen LogP contribution in [0.5, 0.6) is 5.75 Å². The minimum atomic E-state index is -0.0886. The van der Waals surface area contributed by atoms with Crippen LogP contribution in [0.3, 0.4) is 0 Å². The van der Waals surface area contributed by atoms with Crippen molar-refractivity contribution in [2.24, 2.45) is 17.8 Å². The maximum absolute atomic E-state index is 14.1. The Kier molecular flexibility index (Phi) is 14.5. The van der Waals surface area contributed by atoms with Crippen molar-refractivity contribution in [3.63, 3.8) is 0 Å². The largest absolute Gasteiger partial charge is 0.493 e. The molecule has 1 aromatic carbocycles. The van der Waals surface area contributed by atoms with Crippen LogP contribution in [-0.2, 0) is 16.0 Å². The number of hydrogen-bond donors (Lipinski definition) is 0. The molecule has 0 unspecified atom stereocenters. The van der Waals surface area contributed by atoms with E-state index in [1.54, 1.807) is 12.1 Å². The van der Waals surface area contributed by atoms with Crippen LogP contribution in [-0.4, -0.2) is 25.1 Å². The van der Waals surface area contributed by atoms with E-state index in [0.29, 0.717) is 17.9 Å². The fraction of sp³-hybridized carbons (Fsp3) is 0.750. The van der Waals surface area contributed by atoms with Gasteiger partial charge in [-0.15, -0.1) is 0 Å². The van der Waals surface area contributed by atoms with Crippen molar-refractivity contribution in [3.8, 4) is 5.75 Å². The van der Waals surface area contributed by atoms with Gasteiger partial charge in [-0.1, -0.05) is 34.1 Å². The lowest BCUT2D eigenvalue weighted by Crippen LogP contribution is -2.24. The summed E-state index contributed by atoms with van der Waals surface area (Å²) in [4.78, 5) is 9.44. The molecule has 0 N–H and O–H groups in total. The first kappa shape index (κ1) is 28.6. The van der Waals surface area contributed by atoms with Crippen molar-refractivity contribution in [2.75, 3.05) is 13.2 Å². The van der Waals surface area contributed by atoms with Crippen molar-refractivity contribution in [1.29, 1.82) is 0 Å². The van der Waals surface area contributed by atoms with E-state index in [1.165, 1.54) is 46.0 Å². The molecule has 3 nitrogen and oxygen atoms in total. The van der Waals surface area contributed by atoms with Crippen LogP contribution in [0.25, 0.3) is 0 Å². The van der Waals surface area contributed by atoms with Crippen molar-refractivity contribution in [3.05, 3.63) is 29.6 Å². The molecule has 0 bridgehead atoms. The maximum Gasteiger partial charge on any atom is 0.126 e. The van der Waals surface area contributed by atoms with Gasteiger partial charge in [0.25, 0.3) is 0 Å². The Bertz CT molecular complexity index is 630. The number of aryl methyl sites for hydroxylation is 1. The Labute approximate surface area is 196 Å². The minimum Gasteiger partial charge on any atom is -0.493 e. The Morgan fingerprint density at radius 3 is 2.22 bits per heavy atom. The molecule has 1 aromatic rings. The third kappa shape index (κ3) is 12.6. The number of ether oxygens (including phenoxy) is 2. The summed E-state index contributed by atoms with van der Waals surface area (Å²) in [5.74, 6) is 2.99. The second-order valence-corrected chi connectivity index (χ2v) is 9.44.